The van der Waals surface area contributed by atoms with Gasteiger partial charge in [-0.1, -0.05) is 0 Å². The molecule has 2 rings (SSSR count). The van der Waals surface area contributed by atoms with E-state index >= 15 is 0 Å². The van der Waals surface area contributed by atoms with Crippen LogP contribution in [0, 0.1) is 5.92 Å². The number of carbonyl (C=O) groups excluding carboxylic acids is 1. The molecule has 2 atom stereocenters. The van der Waals surface area contributed by atoms with Gasteiger partial charge in [-0.25, -0.2) is 0 Å². The van der Waals surface area contributed by atoms with Gasteiger partial charge < -0.3 is 20.1 Å². The molecule has 2 saturated heterocycles. The fourth-order valence-electron chi connectivity index (χ4n) is 3.19. The van der Waals surface area contributed by atoms with Gasteiger partial charge in [0.25, 0.3) is 0 Å². The maximum atomic E-state index is 12.2. The van der Waals surface area contributed by atoms with E-state index in [9.17, 15) is 9.59 Å². The maximum absolute atomic E-state index is 12.2. The molecule has 0 aromatic heterocycles. The van der Waals surface area contributed by atoms with Crippen molar-refractivity contribution in [2.45, 2.75) is 51.2 Å². The molecule has 21 heavy (non-hydrogen) atoms. The minimum atomic E-state index is -0.747. The second-order valence-electron chi connectivity index (χ2n) is 6.07. The molecule has 120 valence electrons. The van der Waals surface area contributed by atoms with E-state index < -0.39 is 5.97 Å². The molecule has 2 heterocycles. The second-order valence-corrected chi connectivity index (χ2v) is 6.07. The zero-order valence-electron chi connectivity index (χ0n) is 12.7. The van der Waals surface area contributed by atoms with Gasteiger partial charge in [0.15, 0.2) is 0 Å². The number of nitrogens with one attached hydrogen (secondary N) is 1. The lowest BCUT2D eigenvalue weighted by molar-refractivity contribution is -0.148. The summed E-state index contributed by atoms with van der Waals surface area (Å²) >= 11 is 0. The highest BCUT2D eigenvalue weighted by molar-refractivity contribution is 5.77. The molecule has 0 bridgehead atoms. The van der Waals surface area contributed by atoms with Gasteiger partial charge in [0.05, 0.1) is 25.0 Å². The molecule has 1 amide bonds. The van der Waals surface area contributed by atoms with Crippen LogP contribution in [0.25, 0.3) is 0 Å². The van der Waals surface area contributed by atoms with E-state index in [1.54, 1.807) is 0 Å². The average Bonchev–Trinajstić information content (AvgIpc) is 2.48. The number of carboxylic acids is 1. The van der Waals surface area contributed by atoms with Crippen molar-refractivity contribution < 1.29 is 19.4 Å². The normalized spacial score (nSPS) is 27.6. The first-order valence-corrected chi connectivity index (χ1v) is 7.92. The second kappa shape index (κ2) is 7.75. The van der Waals surface area contributed by atoms with Crippen LogP contribution in [0.4, 0.5) is 0 Å². The predicted molar refractivity (Wildman–Crippen MR) is 78.0 cm³/mol. The van der Waals surface area contributed by atoms with Crippen molar-refractivity contribution in [1.29, 1.82) is 0 Å². The zero-order chi connectivity index (χ0) is 15.2. The van der Waals surface area contributed by atoms with Crippen molar-refractivity contribution in [1.82, 2.24) is 10.2 Å². The molecule has 2 aliphatic heterocycles. The number of nitrogens with zero attached hydrogens (tertiary/aromatic N) is 1. The lowest BCUT2D eigenvalue weighted by atomic mass is 9.91. The number of likely N-dealkylation sites (tertiary alicyclic amines) is 1. The summed E-state index contributed by atoms with van der Waals surface area (Å²) in [5.41, 5.74) is 0. The largest absolute Gasteiger partial charge is 0.481 e. The van der Waals surface area contributed by atoms with Crippen LogP contribution in [0.5, 0.6) is 0 Å². The third-order valence-electron chi connectivity index (χ3n) is 4.50. The molecule has 2 unspecified atom stereocenters. The summed E-state index contributed by atoms with van der Waals surface area (Å²) in [4.78, 5) is 25.0. The minimum absolute atomic E-state index is 0.00577. The topological polar surface area (TPSA) is 78.9 Å². The van der Waals surface area contributed by atoms with Crippen molar-refractivity contribution in [2.24, 2.45) is 5.92 Å². The van der Waals surface area contributed by atoms with E-state index in [4.69, 9.17) is 9.84 Å². The summed E-state index contributed by atoms with van der Waals surface area (Å²) in [5, 5.41) is 12.3. The number of piperidine rings is 2. The van der Waals surface area contributed by atoms with Crippen molar-refractivity contribution in [3.05, 3.63) is 0 Å². The van der Waals surface area contributed by atoms with E-state index in [1.165, 1.54) is 0 Å². The van der Waals surface area contributed by atoms with Crippen LogP contribution in [0.1, 0.15) is 39.0 Å². The number of hydrogen-bond donors (Lipinski definition) is 2. The van der Waals surface area contributed by atoms with Crippen molar-refractivity contribution in [3.8, 4) is 0 Å². The quantitative estimate of drug-likeness (QED) is 0.787. The van der Waals surface area contributed by atoms with Crippen molar-refractivity contribution in [3.63, 3.8) is 0 Å². The van der Waals surface area contributed by atoms with Gasteiger partial charge in [0.1, 0.15) is 0 Å². The third kappa shape index (κ3) is 4.68. The van der Waals surface area contributed by atoms with Crippen LogP contribution in [-0.2, 0) is 14.3 Å². The van der Waals surface area contributed by atoms with Gasteiger partial charge >= 0.3 is 5.97 Å². The molecule has 0 aromatic rings. The Morgan fingerprint density at radius 3 is 2.62 bits per heavy atom. The summed E-state index contributed by atoms with van der Waals surface area (Å²) < 4.78 is 5.76. The summed E-state index contributed by atoms with van der Waals surface area (Å²) in [6, 6.07) is 0.00577. The van der Waals surface area contributed by atoms with Gasteiger partial charge in [-0.15, -0.1) is 0 Å². The van der Waals surface area contributed by atoms with Gasteiger partial charge in [-0.2, -0.15) is 0 Å². The SMILES string of the molecule is CC1CC(C(=O)O)CCN1C(=O)CCOC1CCNCC1. The summed E-state index contributed by atoms with van der Waals surface area (Å²) in [5.74, 6) is -0.974. The standard InChI is InChI=1S/C15H26N2O4/c1-11-10-12(15(19)20)4-8-17(11)14(18)5-9-21-13-2-6-16-7-3-13/h11-13,16H,2-10H2,1H3,(H,19,20). The maximum Gasteiger partial charge on any atom is 0.306 e. The van der Waals surface area contributed by atoms with E-state index in [0.29, 0.717) is 32.4 Å². The third-order valence-corrected chi connectivity index (χ3v) is 4.50. The molecule has 0 aliphatic carbocycles. The van der Waals surface area contributed by atoms with Crippen LogP contribution in [0.3, 0.4) is 0 Å². The number of ether oxygens (including phenoxy) is 1. The van der Waals surface area contributed by atoms with Crippen molar-refractivity contribution >= 4 is 11.9 Å². The zero-order valence-corrected chi connectivity index (χ0v) is 12.7. The van der Waals surface area contributed by atoms with Crippen LogP contribution >= 0.6 is 0 Å². The number of rotatable bonds is 5. The average molecular weight is 298 g/mol. The lowest BCUT2D eigenvalue weighted by Gasteiger charge is -2.36. The van der Waals surface area contributed by atoms with Crippen LogP contribution in [0.2, 0.25) is 0 Å². The Bertz CT molecular complexity index is 369. The lowest BCUT2D eigenvalue weighted by Crippen LogP contribution is -2.46. The smallest absolute Gasteiger partial charge is 0.306 e. The highest BCUT2D eigenvalue weighted by Gasteiger charge is 2.31. The number of aliphatic carboxylic acids is 1. The fourth-order valence-corrected chi connectivity index (χ4v) is 3.19. The Kier molecular flexibility index (Phi) is 5.99. The first kappa shape index (κ1) is 16.2. The number of amides is 1. The van der Waals surface area contributed by atoms with Crippen LogP contribution in [0.15, 0.2) is 0 Å². The van der Waals surface area contributed by atoms with Crippen LogP contribution < -0.4 is 5.32 Å². The Labute approximate surface area is 125 Å². The molecule has 6 heteroatoms. The van der Waals surface area contributed by atoms with E-state index in [1.807, 2.05) is 11.8 Å². The fraction of sp³-hybridized carbons (Fsp3) is 0.867. The minimum Gasteiger partial charge on any atom is -0.481 e. The molecule has 0 spiro atoms. The Morgan fingerprint density at radius 2 is 2.00 bits per heavy atom. The van der Waals surface area contributed by atoms with Crippen molar-refractivity contribution in [2.75, 3.05) is 26.2 Å². The molecule has 6 nitrogen and oxygen atoms in total. The summed E-state index contributed by atoms with van der Waals surface area (Å²) in [6.07, 6.45) is 3.79. The van der Waals surface area contributed by atoms with E-state index in [0.717, 1.165) is 25.9 Å². The molecule has 0 radical (unpaired) electrons. The predicted octanol–water partition coefficient (Wildman–Crippen LogP) is 0.857. The van der Waals surface area contributed by atoms with Gasteiger partial charge in [-0.05, 0) is 45.7 Å². The highest BCUT2D eigenvalue weighted by Crippen LogP contribution is 2.23. The molecular formula is C15H26N2O4. The van der Waals surface area contributed by atoms with Crippen LogP contribution in [-0.4, -0.2) is 60.3 Å². The Balaban J connectivity index is 1.69. The Hall–Kier alpha value is -1.14. The summed E-state index contributed by atoms with van der Waals surface area (Å²) in [7, 11) is 0. The monoisotopic (exact) mass is 298 g/mol. The van der Waals surface area contributed by atoms with E-state index in [2.05, 4.69) is 5.32 Å². The van der Waals surface area contributed by atoms with Gasteiger partial charge in [0.2, 0.25) is 5.91 Å². The van der Waals surface area contributed by atoms with Gasteiger partial charge in [0, 0.05) is 12.6 Å². The molecular weight excluding hydrogens is 272 g/mol. The first-order chi connectivity index (χ1) is 10.1. The Morgan fingerprint density at radius 1 is 1.29 bits per heavy atom. The first-order valence-electron chi connectivity index (χ1n) is 7.92. The number of hydrogen-bond acceptors (Lipinski definition) is 4. The highest BCUT2D eigenvalue weighted by atomic mass is 16.5. The number of carboxylic acid groups (broad SMARTS) is 1. The molecule has 0 aromatic carbocycles. The number of carbonyl (C=O) groups is 2. The van der Waals surface area contributed by atoms with Gasteiger partial charge in [-0.3, -0.25) is 9.59 Å². The summed E-state index contributed by atoms with van der Waals surface area (Å²) in [6.45, 7) is 4.91. The molecule has 2 aliphatic rings. The molecule has 2 fully saturated rings. The molecule has 0 saturated carbocycles. The van der Waals surface area contributed by atoms with E-state index in [-0.39, 0.29) is 24.0 Å². The molecule has 2 N–H and O–H groups in total.